The third kappa shape index (κ3) is 7.24. The fourth-order valence-corrected chi connectivity index (χ4v) is 7.38. The number of phenols is 1. The quantitative estimate of drug-likeness (QED) is 0.271. The zero-order chi connectivity index (χ0) is 31.7. The summed E-state index contributed by atoms with van der Waals surface area (Å²) in [6.07, 6.45) is 1.17. The Morgan fingerprint density at radius 2 is 1.91 bits per heavy atom. The predicted molar refractivity (Wildman–Crippen MR) is 163 cm³/mol. The van der Waals surface area contributed by atoms with Gasteiger partial charge in [-0.1, -0.05) is 43.6 Å². The molecular formula is C33H47BrO9. The minimum absolute atomic E-state index is 0.0494. The van der Waals surface area contributed by atoms with Gasteiger partial charge >= 0.3 is 11.9 Å². The minimum Gasteiger partial charge on any atom is -0.508 e. The van der Waals surface area contributed by atoms with E-state index in [1.165, 1.54) is 0 Å². The highest BCUT2D eigenvalue weighted by atomic mass is 79.9. The number of carbonyl (C=O) groups excluding carboxylic acids is 2. The Bertz CT molecular complexity index is 1210. The Morgan fingerprint density at radius 1 is 1.19 bits per heavy atom. The van der Waals surface area contributed by atoms with Crippen LogP contribution in [0.2, 0.25) is 0 Å². The van der Waals surface area contributed by atoms with Gasteiger partial charge in [-0.15, -0.1) is 0 Å². The second-order valence-electron chi connectivity index (χ2n) is 13.1. The summed E-state index contributed by atoms with van der Waals surface area (Å²) in [6.45, 7) is 12.3. The van der Waals surface area contributed by atoms with E-state index in [0.717, 1.165) is 28.5 Å². The van der Waals surface area contributed by atoms with Crippen LogP contribution in [0.4, 0.5) is 0 Å². The average molecular weight is 668 g/mol. The number of hydrogen-bond donors (Lipinski definition) is 1. The number of methoxy groups -OCH3 is 2. The monoisotopic (exact) mass is 666 g/mol. The normalized spacial score (nSPS) is 31.8. The van der Waals surface area contributed by atoms with Crippen LogP contribution in [0.1, 0.15) is 91.7 Å². The van der Waals surface area contributed by atoms with Crippen molar-refractivity contribution in [2.45, 2.75) is 116 Å². The van der Waals surface area contributed by atoms with E-state index in [1.54, 1.807) is 33.3 Å². The van der Waals surface area contributed by atoms with Crippen molar-refractivity contribution in [1.82, 2.24) is 0 Å². The zero-order valence-corrected chi connectivity index (χ0v) is 28.2. The maximum Gasteiger partial charge on any atom is 0.313 e. The number of phenolic OH excluding ortho intramolecular Hbond substituents is 1. The summed E-state index contributed by atoms with van der Waals surface area (Å²) in [6, 6.07) is 5.20. The standard InChI is InChI=1S/C33H47BrO9/c1-18(9-12-25(38-7)23-13-22(35)10-11-24(23)34)31-20(3)28(39-8)17-33(43-31)32(5,6)16-19(2)26(42-33)14-30(37)41-27-15-29(36)40-21(27)4/h10-11,13,18,20-21,25,27-28,31,35H,9,12,14-17H2,1-8H3. The molecule has 240 valence electrons. The van der Waals surface area contributed by atoms with E-state index in [2.05, 4.69) is 43.6 Å². The fraction of sp³-hybridized carbons (Fsp3) is 0.697. The largest absolute Gasteiger partial charge is 0.508 e. The van der Waals surface area contributed by atoms with E-state index >= 15 is 0 Å². The number of esters is 2. The molecule has 2 fully saturated rings. The molecule has 3 aliphatic rings. The first-order chi connectivity index (χ1) is 20.2. The highest BCUT2D eigenvalue weighted by Gasteiger charge is 2.59. The number of halogens is 1. The Morgan fingerprint density at radius 3 is 2.53 bits per heavy atom. The number of allylic oxidation sites excluding steroid dienone is 1. The van der Waals surface area contributed by atoms with E-state index < -0.39 is 29.4 Å². The van der Waals surface area contributed by atoms with Gasteiger partial charge < -0.3 is 33.5 Å². The lowest BCUT2D eigenvalue weighted by atomic mass is 9.69. The van der Waals surface area contributed by atoms with E-state index in [9.17, 15) is 14.7 Å². The van der Waals surface area contributed by atoms with Gasteiger partial charge in [0.15, 0.2) is 0 Å². The maximum absolute atomic E-state index is 13.0. The Balaban J connectivity index is 1.51. The van der Waals surface area contributed by atoms with Gasteiger partial charge in [0.1, 0.15) is 30.1 Å². The Kier molecular flexibility index (Phi) is 10.6. The Labute approximate surface area is 263 Å². The molecule has 43 heavy (non-hydrogen) atoms. The molecule has 1 aromatic carbocycles. The Hall–Kier alpha value is -2.14. The van der Waals surface area contributed by atoms with Crippen molar-refractivity contribution in [3.05, 3.63) is 39.6 Å². The number of carbonyl (C=O) groups is 2. The SMILES string of the molecule is COC(CCC(C)C1OC2(CC(OC)C1C)OC(CC(=O)OC1CC(=O)OC1C)=C(C)CC2(C)C)c1cc(O)ccc1Br. The first kappa shape index (κ1) is 33.7. The molecular weight excluding hydrogens is 620 g/mol. The number of cyclic esters (lactones) is 1. The lowest BCUT2D eigenvalue weighted by molar-refractivity contribution is -0.353. The average Bonchev–Trinajstić information content (AvgIpc) is 3.25. The van der Waals surface area contributed by atoms with Crippen molar-refractivity contribution in [2.75, 3.05) is 14.2 Å². The lowest BCUT2D eigenvalue weighted by Crippen LogP contribution is -2.62. The van der Waals surface area contributed by atoms with Crippen LogP contribution in [0, 0.1) is 17.3 Å². The molecule has 4 rings (SSSR count). The highest BCUT2D eigenvalue weighted by molar-refractivity contribution is 9.10. The van der Waals surface area contributed by atoms with Crippen LogP contribution in [0.15, 0.2) is 34.0 Å². The van der Waals surface area contributed by atoms with Crippen molar-refractivity contribution < 1.29 is 43.1 Å². The summed E-state index contributed by atoms with van der Waals surface area (Å²) in [7, 11) is 3.41. The summed E-state index contributed by atoms with van der Waals surface area (Å²) in [5.74, 6) is -0.867. The van der Waals surface area contributed by atoms with Gasteiger partial charge in [0, 0.05) is 36.4 Å². The fourth-order valence-electron chi connectivity index (χ4n) is 6.88. The van der Waals surface area contributed by atoms with Crippen molar-refractivity contribution in [1.29, 1.82) is 0 Å². The first-order valence-corrected chi connectivity index (χ1v) is 16.0. The van der Waals surface area contributed by atoms with Gasteiger partial charge in [-0.2, -0.15) is 0 Å². The molecule has 9 nitrogen and oxygen atoms in total. The third-order valence-corrected chi connectivity index (χ3v) is 10.3. The highest BCUT2D eigenvalue weighted by Crippen LogP contribution is 2.54. The van der Waals surface area contributed by atoms with Crippen LogP contribution in [-0.2, 0) is 38.0 Å². The van der Waals surface area contributed by atoms with Crippen molar-refractivity contribution in [3.8, 4) is 5.75 Å². The number of hydrogen-bond acceptors (Lipinski definition) is 9. The van der Waals surface area contributed by atoms with E-state index in [-0.39, 0.29) is 54.7 Å². The number of ether oxygens (including phenoxy) is 6. The van der Waals surface area contributed by atoms with Crippen LogP contribution in [0.25, 0.3) is 0 Å². The number of aromatic hydroxyl groups is 1. The van der Waals surface area contributed by atoms with Gasteiger partial charge in [0.2, 0.25) is 5.79 Å². The smallest absolute Gasteiger partial charge is 0.313 e. The van der Waals surface area contributed by atoms with Crippen molar-refractivity contribution >= 4 is 27.9 Å². The molecule has 3 aliphatic heterocycles. The molecule has 0 aliphatic carbocycles. The summed E-state index contributed by atoms with van der Waals surface area (Å²) < 4.78 is 37.3. The second kappa shape index (κ2) is 13.5. The predicted octanol–water partition coefficient (Wildman–Crippen LogP) is 6.75. The second-order valence-corrected chi connectivity index (χ2v) is 14.0. The van der Waals surface area contributed by atoms with Crippen LogP contribution in [0.5, 0.6) is 5.75 Å². The molecule has 0 saturated carbocycles. The summed E-state index contributed by atoms with van der Waals surface area (Å²) >= 11 is 3.59. The van der Waals surface area contributed by atoms with E-state index in [1.807, 2.05) is 13.0 Å². The van der Waals surface area contributed by atoms with Crippen LogP contribution in [-0.4, -0.2) is 61.5 Å². The van der Waals surface area contributed by atoms with Gasteiger partial charge in [-0.25, -0.2) is 0 Å². The molecule has 1 N–H and O–H groups in total. The summed E-state index contributed by atoms with van der Waals surface area (Å²) in [5, 5.41) is 10.1. The maximum atomic E-state index is 13.0. The molecule has 1 aromatic rings. The molecule has 0 radical (unpaired) electrons. The van der Waals surface area contributed by atoms with E-state index in [0.29, 0.717) is 18.6 Å². The minimum atomic E-state index is -1.01. The first-order valence-electron chi connectivity index (χ1n) is 15.2. The molecule has 0 amide bonds. The van der Waals surface area contributed by atoms with Gasteiger partial charge in [0.05, 0.1) is 24.7 Å². The van der Waals surface area contributed by atoms with Crippen LogP contribution >= 0.6 is 15.9 Å². The van der Waals surface area contributed by atoms with Crippen LogP contribution in [0.3, 0.4) is 0 Å². The van der Waals surface area contributed by atoms with Gasteiger partial charge in [-0.05, 0) is 68.4 Å². The summed E-state index contributed by atoms with van der Waals surface area (Å²) in [4.78, 5) is 24.6. The van der Waals surface area contributed by atoms with E-state index in [4.69, 9.17) is 28.4 Å². The zero-order valence-electron chi connectivity index (χ0n) is 26.6. The molecule has 3 heterocycles. The molecule has 8 unspecified atom stereocenters. The molecule has 2 saturated heterocycles. The number of benzene rings is 1. The molecule has 8 atom stereocenters. The lowest BCUT2D eigenvalue weighted by Gasteiger charge is -2.57. The molecule has 10 heteroatoms. The molecule has 1 spiro atoms. The van der Waals surface area contributed by atoms with Crippen molar-refractivity contribution in [2.24, 2.45) is 17.3 Å². The summed E-state index contributed by atoms with van der Waals surface area (Å²) in [5.41, 5.74) is 1.47. The molecule has 0 aromatic heterocycles. The third-order valence-electron chi connectivity index (χ3n) is 9.56. The topological polar surface area (TPSA) is 110 Å². The van der Waals surface area contributed by atoms with Gasteiger partial charge in [-0.3, -0.25) is 9.59 Å². The number of rotatable bonds is 10. The van der Waals surface area contributed by atoms with Crippen molar-refractivity contribution in [3.63, 3.8) is 0 Å². The van der Waals surface area contributed by atoms with Crippen LogP contribution < -0.4 is 0 Å². The molecule has 0 bridgehead atoms. The van der Waals surface area contributed by atoms with Gasteiger partial charge in [0.25, 0.3) is 0 Å².